The van der Waals surface area contributed by atoms with Crippen molar-refractivity contribution < 1.29 is 28.6 Å². The summed E-state index contributed by atoms with van der Waals surface area (Å²) in [4.78, 5) is 43.5. The van der Waals surface area contributed by atoms with Crippen LogP contribution in [0.3, 0.4) is 0 Å². The summed E-state index contributed by atoms with van der Waals surface area (Å²) in [5.41, 5.74) is 1.42. The molecule has 2 aliphatic heterocycles. The molecule has 1 aromatic rings. The van der Waals surface area contributed by atoms with Crippen LogP contribution in [-0.4, -0.2) is 45.9 Å². The van der Waals surface area contributed by atoms with Crippen LogP contribution in [0.5, 0.6) is 11.5 Å². The van der Waals surface area contributed by atoms with Gasteiger partial charge in [0.1, 0.15) is 0 Å². The first-order valence-corrected chi connectivity index (χ1v) is 11.0. The molecule has 2 aliphatic rings. The Morgan fingerprint density at radius 2 is 1.97 bits per heavy atom. The zero-order valence-electron chi connectivity index (χ0n) is 18.4. The average Bonchev–Trinajstić information content (AvgIpc) is 2.94. The van der Waals surface area contributed by atoms with Gasteiger partial charge < -0.3 is 14.2 Å². The highest BCUT2D eigenvalue weighted by Crippen LogP contribution is 2.45. The van der Waals surface area contributed by atoms with Crippen molar-refractivity contribution in [1.82, 2.24) is 4.90 Å². The SMILES string of the molecule is CCOc1cc([C@@H]2C(C(=O)OC(C)C)=C(C)N=C3S[C@@H](C)C(=O)N32)ccc1OC(C)=O. The van der Waals surface area contributed by atoms with E-state index in [4.69, 9.17) is 14.2 Å². The minimum Gasteiger partial charge on any atom is -0.490 e. The Labute approximate surface area is 185 Å². The molecule has 0 N–H and O–H groups in total. The normalized spacial score (nSPS) is 20.5. The number of nitrogens with zero attached hydrogens (tertiary/aromatic N) is 2. The molecule has 0 spiro atoms. The first-order valence-electron chi connectivity index (χ1n) is 10.1. The molecule has 1 saturated heterocycles. The van der Waals surface area contributed by atoms with Crippen molar-refractivity contribution in [1.29, 1.82) is 0 Å². The number of fused-ring (bicyclic) bond motifs is 1. The predicted molar refractivity (Wildman–Crippen MR) is 117 cm³/mol. The van der Waals surface area contributed by atoms with Gasteiger partial charge in [-0.3, -0.25) is 14.5 Å². The highest BCUT2D eigenvalue weighted by molar-refractivity contribution is 8.15. The van der Waals surface area contributed by atoms with Gasteiger partial charge in [-0.15, -0.1) is 0 Å². The highest BCUT2D eigenvalue weighted by Gasteiger charge is 2.46. The molecule has 0 saturated carbocycles. The van der Waals surface area contributed by atoms with E-state index in [1.165, 1.54) is 23.6 Å². The first-order chi connectivity index (χ1) is 14.6. The molecular weight excluding hydrogens is 420 g/mol. The van der Waals surface area contributed by atoms with Gasteiger partial charge in [-0.05, 0) is 52.3 Å². The number of amidine groups is 1. The van der Waals surface area contributed by atoms with Gasteiger partial charge >= 0.3 is 11.9 Å². The lowest BCUT2D eigenvalue weighted by atomic mass is 9.94. The van der Waals surface area contributed by atoms with E-state index in [0.717, 1.165) is 0 Å². The number of carbonyl (C=O) groups excluding carboxylic acids is 3. The van der Waals surface area contributed by atoms with E-state index in [9.17, 15) is 14.4 Å². The molecule has 0 unspecified atom stereocenters. The predicted octanol–water partition coefficient (Wildman–Crippen LogP) is 3.61. The van der Waals surface area contributed by atoms with Crippen molar-refractivity contribution in [2.75, 3.05) is 6.61 Å². The van der Waals surface area contributed by atoms with E-state index >= 15 is 0 Å². The molecule has 0 aliphatic carbocycles. The fourth-order valence-electron chi connectivity index (χ4n) is 3.46. The fraction of sp³-hybridized carbons (Fsp3) is 0.455. The zero-order chi connectivity index (χ0) is 22.9. The summed E-state index contributed by atoms with van der Waals surface area (Å²) in [7, 11) is 0. The number of esters is 2. The Balaban J connectivity index is 2.15. The van der Waals surface area contributed by atoms with Crippen LogP contribution in [0.25, 0.3) is 0 Å². The Morgan fingerprint density at radius 1 is 1.26 bits per heavy atom. The quantitative estimate of drug-likeness (QED) is 0.487. The summed E-state index contributed by atoms with van der Waals surface area (Å²) >= 11 is 1.35. The van der Waals surface area contributed by atoms with Gasteiger partial charge in [0.05, 0.1) is 35.3 Å². The van der Waals surface area contributed by atoms with Crippen LogP contribution in [0, 0.1) is 0 Å². The van der Waals surface area contributed by atoms with Gasteiger partial charge in [0.25, 0.3) is 0 Å². The van der Waals surface area contributed by atoms with Crippen LogP contribution in [-0.2, 0) is 19.1 Å². The molecule has 0 radical (unpaired) electrons. The van der Waals surface area contributed by atoms with Crippen molar-refractivity contribution in [3.8, 4) is 11.5 Å². The largest absolute Gasteiger partial charge is 0.490 e. The van der Waals surface area contributed by atoms with Crippen LogP contribution in [0.15, 0.2) is 34.5 Å². The Bertz CT molecular complexity index is 984. The molecular formula is C22H26N2O6S. The van der Waals surface area contributed by atoms with Crippen molar-refractivity contribution >= 4 is 34.8 Å². The van der Waals surface area contributed by atoms with Gasteiger partial charge in [-0.2, -0.15) is 0 Å². The maximum absolute atomic E-state index is 13.0. The van der Waals surface area contributed by atoms with Gasteiger partial charge in [0.15, 0.2) is 16.7 Å². The number of hydrogen-bond donors (Lipinski definition) is 0. The number of amides is 1. The lowest BCUT2D eigenvalue weighted by Crippen LogP contribution is -2.40. The molecule has 0 bridgehead atoms. The third-order valence-electron chi connectivity index (χ3n) is 4.66. The maximum atomic E-state index is 13.0. The second-order valence-electron chi connectivity index (χ2n) is 7.45. The van der Waals surface area contributed by atoms with Gasteiger partial charge in [-0.25, -0.2) is 9.79 Å². The van der Waals surface area contributed by atoms with Crippen LogP contribution < -0.4 is 9.47 Å². The van der Waals surface area contributed by atoms with Crippen molar-refractivity contribution in [3.63, 3.8) is 0 Å². The molecule has 1 aromatic carbocycles. The molecule has 0 aromatic heterocycles. The molecule has 3 rings (SSSR count). The fourth-order valence-corrected chi connectivity index (χ4v) is 4.49. The Hall–Kier alpha value is -2.81. The van der Waals surface area contributed by atoms with E-state index in [2.05, 4.69) is 4.99 Å². The molecule has 166 valence electrons. The summed E-state index contributed by atoms with van der Waals surface area (Å²) in [6, 6.07) is 4.27. The molecule has 8 nitrogen and oxygen atoms in total. The second kappa shape index (κ2) is 9.13. The molecule has 2 atom stereocenters. The smallest absolute Gasteiger partial charge is 0.338 e. The Morgan fingerprint density at radius 3 is 2.58 bits per heavy atom. The molecule has 9 heteroatoms. The van der Waals surface area contributed by atoms with Crippen LogP contribution in [0.1, 0.15) is 53.1 Å². The highest BCUT2D eigenvalue weighted by atomic mass is 32.2. The number of allylic oxidation sites excluding steroid dienone is 1. The zero-order valence-corrected chi connectivity index (χ0v) is 19.2. The number of benzene rings is 1. The van der Waals surface area contributed by atoms with E-state index in [0.29, 0.717) is 34.4 Å². The van der Waals surface area contributed by atoms with Crippen LogP contribution >= 0.6 is 11.8 Å². The number of rotatable bonds is 6. The summed E-state index contributed by atoms with van der Waals surface area (Å²) in [6.45, 7) is 10.5. The van der Waals surface area contributed by atoms with E-state index < -0.39 is 18.0 Å². The third-order valence-corrected chi connectivity index (χ3v) is 5.71. The summed E-state index contributed by atoms with van der Waals surface area (Å²) in [5, 5.41) is 0.226. The summed E-state index contributed by atoms with van der Waals surface area (Å²) < 4.78 is 16.4. The lowest BCUT2D eigenvalue weighted by molar-refractivity contribution is -0.143. The van der Waals surface area contributed by atoms with E-state index in [1.807, 2.05) is 13.8 Å². The average molecular weight is 447 g/mol. The van der Waals surface area contributed by atoms with Gasteiger partial charge in [0, 0.05) is 6.92 Å². The number of carbonyl (C=O) groups is 3. The van der Waals surface area contributed by atoms with Crippen molar-refractivity contribution in [3.05, 3.63) is 35.0 Å². The Kier molecular flexibility index (Phi) is 6.74. The van der Waals surface area contributed by atoms with Gasteiger partial charge in [0.2, 0.25) is 5.91 Å². The van der Waals surface area contributed by atoms with Crippen molar-refractivity contribution in [2.45, 2.75) is 58.9 Å². The minimum absolute atomic E-state index is 0.141. The van der Waals surface area contributed by atoms with Gasteiger partial charge in [-0.1, -0.05) is 17.8 Å². The number of hydrogen-bond acceptors (Lipinski definition) is 8. The molecule has 1 fully saturated rings. The second-order valence-corrected chi connectivity index (χ2v) is 8.76. The topological polar surface area (TPSA) is 94.5 Å². The molecule has 1 amide bonds. The lowest BCUT2D eigenvalue weighted by Gasteiger charge is -2.33. The molecule has 31 heavy (non-hydrogen) atoms. The first kappa shape index (κ1) is 22.9. The third kappa shape index (κ3) is 4.61. The van der Waals surface area contributed by atoms with Crippen LogP contribution in [0.2, 0.25) is 0 Å². The monoisotopic (exact) mass is 446 g/mol. The minimum atomic E-state index is -0.728. The maximum Gasteiger partial charge on any atom is 0.338 e. The van der Waals surface area contributed by atoms with Crippen molar-refractivity contribution in [2.24, 2.45) is 4.99 Å². The summed E-state index contributed by atoms with van der Waals surface area (Å²) in [5.74, 6) is -0.526. The number of thioether (sulfide) groups is 1. The van der Waals surface area contributed by atoms with E-state index in [1.54, 1.807) is 39.0 Å². The number of ether oxygens (including phenoxy) is 3. The summed E-state index contributed by atoms with van der Waals surface area (Å²) in [6.07, 6.45) is -0.327. The number of aliphatic imine (C=N–C) groups is 1. The standard InChI is InChI=1S/C22H26N2O6S/c1-7-28-17-10-15(8-9-16(17)30-14(6)25)19-18(21(27)29-11(2)3)12(4)23-22-24(19)20(26)13(5)31-22/h8-11,13,19H,7H2,1-6H3/t13-,19+/m0/s1. The van der Waals surface area contributed by atoms with Crippen LogP contribution in [0.4, 0.5) is 0 Å². The van der Waals surface area contributed by atoms with E-state index in [-0.39, 0.29) is 23.0 Å². The molecule has 2 heterocycles.